The lowest BCUT2D eigenvalue weighted by Gasteiger charge is -2.18. The van der Waals surface area contributed by atoms with Crippen LogP contribution in [0.1, 0.15) is 41.1 Å². The van der Waals surface area contributed by atoms with E-state index >= 15 is 0 Å². The van der Waals surface area contributed by atoms with E-state index in [1.54, 1.807) is 7.11 Å². The zero-order chi connectivity index (χ0) is 25.6. The van der Waals surface area contributed by atoms with Gasteiger partial charge < -0.3 is 19.2 Å². The molecule has 1 amide bonds. The summed E-state index contributed by atoms with van der Waals surface area (Å²) in [5.74, 6) is -0.0928. The summed E-state index contributed by atoms with van der Waals surface area (Å²) in [5.41, 5.74) is 4.99. The van der Waals surface area contributed by atoms with Gasteiger partial charge in [0, 0.05) is 38.2 Å². The predicted octanol–water partition coefficient (Wildman–Crippen LogP) is 5.93. The molecule has 0 aliphatic carbocycles. The van der Waals surface area contributed by atoms with Gasteiger partial charge in [-0.3, -0.25) is 4.79 Å². The summed E-state index contributed by atoms with van der Waals surface area (Å²) < 4.78 is 9.34. The predicted molar refractivity (Wildman–Crippen MR) is 148 cm³/mol. The van der Waals surface area contributed by atoms with Gasteiger partial charge in [-0.2, -0.15) is 0 Å². The monoisotopic (exact) mass is 492 g/mol. The number of nitrogens with one attached hydrogen (secondary N) is 1. The van der Waals surface area contributed by atoms with E-state index in [-0.39, 0.29) is 11.9 Å². The van der Waals surface area contributed by atoms with Crippen LogP contribution in [0, 0.1) is 0 Å². The van der Waals surface area contributed by atoms with Gasteiger partial charge in [-0.25, -0.2) is 4.98 Å². The number of amides is 1. The smallest absolute Gasteiger partial charge is 0.267 e. The fraction of sp³-hybridized carbons (Fsp3) is 0.226. The van der Waals surface area contributed by atoms with Gasteiger partial charge in [0.1, 0.15) is 5.69 Å². The van der Waals surface area contributed by atoms with Gasteiger partial charge >= 0.3 is 0 Å². The Morgan fingerprint density at radius 3 is 2.65 bits per heavy atom. The molecule has 5 aromatic rings. The van der Waals surface area contributed by atoms with Gasteiger partial charge in [-0.15, -0.1) is 0 Å². The van der Waals surface area contributed by atoms with Crippen molar-refractivity contribution < 1.29 is 9.53 Å². The Morgan fingerprint density at radius 2 is 1.81 bits per heavy atom. The minimum Gasteiger partial charge on any atom is -0.385 e. The number of nitrogens with zero attached hydrogens (tertiary/aromatic N) is 3. The first-order chi connectivity index (χ1) is 18.2. The molecule has 6 nitrogen and oxygen atoms in total. The highest BCUT2D eigenvalue weighted by Crippen LogP contribution is 2.31. The maximum absolute atomic E-state index is 13.3. The summed E-state index contributed by atoms with van der Waals surface area (Å²) in [6.45, 7) is 3.87. The third-order valence-electron chi connectivity index (χ3n) is 6.82. The van der Waals surface area contributed by atoms with Crippen LogP contribution in [0.2, 0.25) is 0 Å². The average molecular weight is 493 g/mol. The van der Waals surface area contributed by atoms with Crippen molar-refractivity contribution in [3.05, 3.63) is 115 Å². The van der Waals surface area contributed by atoms with Crippen LogP contribution < -0.4 is 5.32 Å². The highest BCUT2D eigenvalue weighted by atomic mass is 16.5. The lowest BCUT2D eigenvalue weighted by molar-refractivity contribution is 0.0939. The molecule has 0 spiro atoms. The van der Waals surface area contributed by atoms with Crippen molar-refractivity contribution >= 4 is 16.7 Å². The number of ether oxygens (including phenoxy) is 1. The van der Waals surface area contributed by atoms with Crippen molar-refractivity contribution in [3.8, 4) is 11.1 Å². The number of aromatic nitrogens is 3. The summed E-state index contributed by atoms with van der Waals surface area (Å²) >= 11 is 0. The first kappa shape index (κ1) is 24.5. The molecule has 2 heterocycles. The van der Waals surface area contributed by atoms with Gasteiger partial charge in [0.25, 0.3) is 5.91 Å². The number of hydrogen-bond acceptors (Lipinski definition) is 3. The lowest BCUT2D eigenvalue weighted by Crippen LogP contribution is -2.27. The third-order valence-corrected chi connectivity index (χ3v) is 6.82. The van der Waals surface area contributed by atoms with Crippen LogP contribution in [0.4, 0.5) is 0 Å². The molecule has 37 heavy (non-hydrogen) atoms. The first-order valence-electron chi connectivity index (χ1n) is 12.7. The van der Waals surface area contributed by atoms with E-state index in [4.69, 9.17) is 4.74 Å². The summed E-state index contributed by atoms with van der Waals surface area (Å²) in [6.07, 6.45) is 6.60. The van der Waals surface area contributed by atoms with E-state index in [2.05, 4.69) is 88.7 Å². The summed E-state index contributed by atoms with van der Waals surface area (Å²) in [4.78, 5) is 17.8. The zero-order valence-electron chi connectivity index (χ0n) is 21.3. The Bertz CT molecular complexity index is 1480. The second-order valence-electron chi connectivity index (χ2n) is 9.25. The Balaban J connectivity index is 1.51. The summed E-state index contributed by atoms with van der Waals surface area (Å²) in [5, 5.41) is 5.39. The van der Waals surface area contributed by atoms with E-state index in [0.717, 1.165) is 28.6 Å². The molecular weight excluding hydrogens is 460 g/mol. The average Bonchev–Trinajstić information content (AvgIpc) is 3.58. The standard InChI is InChI=1S/C31H32N4O2/c1-23(24-10-4-3-5-11-24)35-22-32-19-27(35)21-34-20-26(18-30(34)31(36)33-16-9-17-37-2)29-15-8-13-25-12-6-7-14-28(25)29/h3-8,10-15,18-20,22-23H,9,16-17,21H2,1-2H3,(H,33,36)/t23-/m1/s1. The van der Waals surface area contributed by atoms with Crippen molar-refractivity contribution in [1.29, 1.82) is 0 Å². The topological polar surface area (TPSA) is 61.1 Å². The first-order valence-corrected chi connectivity index (χ1v) is 12.7. The molecule has 6 heteroatoms. The van der Waals surface area contributed by atoms with Crippen molar-refractivity contribution in [2.24, 2.45) is 0 Å². The third kappa shape index (κ3) is 5.34. The van der Waals surface area contributed by atoms with Crippen LogP contribution in [-0.4, -0.2) is 40.3 Å². The second kappa shape index (κ2) is 11.3. The Labute approximate surface area is 217 Å². The van der Waals surface area contributed by atoms with E-state index in [1.165, 1.54) is 10.9 Å². The number of hydrogen-bond donors (Lipinski definition) is 1. The lowest BCUT2D eigenvalue weighted by atomic mass is 10.0. The number of benzene rings is 3. The summed E-state index contributed by atoms with van der Waals surface area (Å²) in [6, 6.07) is 27.1. The minimum atomic E-state index is -0.0928. The molecule has 0 unspecified atom stereocenters. The number of rotatable bonds is 10. The fourth-order valence-corrected chi connectivity index (χ4v) is 4.84. The molecule has 0 radical (unpaired) electrons. The van der Waals surface area contributed by atoms with Crippen LogP contribution in [0.15, 0.2) is 97.6 Å². The van der Waals surface area contributed by atoms with Gasteiger partial charge in [-0.1, -0.05) is 72.8 Å². The molecule has 0 fully saturated rings. The van der Waals surface area contributed by atoms with Crippen LogP contribution in [0.3, 0.4) is 0 Å². The normalized spacial score (nSPS) is 12.1. The molecule has 1 N–H and O–H groups in total. The number of carbonyl (C=O) groups is 1. The van der Waals surface area contributed by atoms with Crippen molar-refractivity contribution in [3.63, 3.8) is 0 Å². The van der Waals surface area contributed by atoms with E-state index in [0.29, 0.717) is 25.4 Å². The van der Waals surface area contributed by atoms with Gasteiger partial charge in [0.2, 0.25) is 0 Å². The largest absolute Gasteiger partial charge is 0.385 e. The van der Waals surface area contributed by atoms with Crippen molar-refractivity contribution in [2.75, 3.05) is 20.3 Å². The number of methoxy groups -OCH3 is 1. The van der Waals surface area contributed by atoms with Crippen LogP contribution >= 0.6 is 0 Å². The highest BCUT2D eigenvalue weighted by molar-refractivity contribution is 5.99. The van der Waals surface area contributed by atoms with Gasteiger partial charge in [0.15, 0.2) is 0 Å². The number of fused-ring (bicyclic) bond motifs is 1. The van der Waals surface area contributed by atoms with E-state index < -0.39 is 0 Å². The van der Waals surface area contributed by atoms with E-state index in [1.807, 2.05) is 35.3 Å². The molecule has 0 bridgehead atoms. The molecule has 1 atom stereocenters. The molecular formula is C31H32N4O2. The second-order valence-corrected chi connectivity index (χ2v) is 9.25. The Hall–Kier alpha value is -4.16. The molecule has 2 aromatic heterocycles. The maximum atomic E-state index is 13.3. The number of carbonyl (C=O) groups excluding carboxylic acids is 1. The molecule has 3 aromatic carbocycles. The molecule has 0 aliphatic rings. The maximum Gasteiger partial charge on any atom is 0.267 e. The Morgan fingerprint density at radius 1 is 1.03 bits per heavy atom. The van der Waals surface area contributed by atoms with Gasteiger partial charge in [-0.05, 0) is 41.3 Å². The quantitative estimate of drug-likeness (QED) is 0.246. The summed E-state index contributed by atoms with van der Waals surface area (Å²) in [7, 11) is 1.67. The minimum absolute atomic E-state index is 0.0928. The molecule has 188 valence electrons. The van der Waals surface area contributed by atoms with Crippen LogP contribution in [0.5, 0.6) is 0 Å². The molecule has 0 saturated carbocycles. The molecule has 5 rings (SSSR count). The van der Waals surface area contributed by atoms with Crippen LogP contribution in [0.25, 0.3) is 21.9 Å². The van der Waals surface area contributed by atoms with E-state index in [9.17, 15) is 4.79 Å². The molecule has 0 saturated heterocycles. The van der Waals surface area contributed by atoms with Crippen LogP contribution in [-0.2, 0) is 11.3 Å². The van der Waals surface area contributed by atoms with Crippen molar-refractivity contribution in [1.82, 2.24) is 19.4 Å². The SMILES string of the molecule is COCCCNC(=O)c1cc(-c2cccc3ccccc23)cn1Cc1cncn1[C@H](C)c1ccccc1. The Kier molecular flexibility index (Phi) is 7.47. The number of imidazole rings is 1. The van der Waals surface area contributed by atoms with Gasteiger partial charge in [0.05, 0.1) is 24.6 Å². The molecule has 0 aliphatic heterocycles. The zero-order valence-corrected chi connectivity index (χ0v) is 21.3. The highest BCUT2D eigenvalue weighted by Gasteiger charge is 2.18. The van der Waals surface area contributed by atoms with Crippen molar-refractivity contribution in [2.45, 2.75) is 25.9 Å². The fourth-order valence-electron chi connectivity index (χ4n) is 4.84.